The van der Waals surface area contributed by atoms with Crippen LogP contribution in [0.2, 0.25) is 0 Å². The lowest BCUT2D eigenvalue weighted by Crippen LogP contribution is -2.05. The number of carboxylic acids is 1. The molecule has 0 bridgehead atoms. The van der Waals surface area contributed by atoms with E-state index in [0.29, 0.717) is 12.0 Å². The summed E-state index contributed by atoms with van der Waals surface area (Å²) in [5.74, 6) is -0.914. The summed E-state index contributed by atoms with van der Waals surface area (Å²) in [7, 11) is 0. The third-order valence-corrected chi connectivity index (χ3v) is 3.87. The molecule has 0 aliphatic carbocycles. The number of pyridine rings is 1. The van der Waals surface area contributed by atoms with E-state index in [-0.39, 0.29) is 0 Å². The Balaban J connectivity index is 1.78. The molecule has 24 heavy (non-hydrogen) atoms. The second-order valence-corrected chi connectivity index (χ2v) is 5.49. The maximum Gasteiger partial charge on any atom is 0.336 e. The molecule has 0 saturated heterocycles. The Kier molecular flexibility index (Phi) is 4.87. The summed E-state index contributed by atoms with van der Waals surface area (Å²) in [6, 6.07) is 19.6. The average molecular weight is 318 g/mol. The van der Waals surface area contributed by atoms with Crippen molar-refractivity contribution in [2.75, 3.05) is 5.32 Å². The van der Waals surface area contributed by atoms with E-state index in [1.165, 1.54) is 6.20 Å². The van der Waals surface area contributed by atoms with Crippen molar-refractivity contribution in [3.05, 3.63) is 89.7 Å². The molecule has 1 aromatic heterocycles. The van der Waals surface area contributed by atoms with Gasteiger partial charge in [0.15, 0.2) is 0 Å². The number of aryl methyl sites for hydroxylation is 2. The van der Waals surface area contributed by atoms with Gasteiger partial charge in [-0.2, -0.15) is 0 Å². The number of carbonyl (C=O) groups is 1. The van der Waals surface area contributed by atoms with Crippen LogP contribution in [0.3, 0.4) is 0 Å². The van der Waals surface area contributed by atoms with Crippen LogP contribution < -0.4 is 5.32 Å². The van der Waals surface area contributed by atoms with Gasteiger partial charge < -0.3 is 10.4 Å². The Labute approximate surface area is 140 Å². The SMILES string of the molecule is O=C(O)c1ccncc1CCc1ccccc1Nc1ccccc1. The molecular formula is C20H18N2O2. The van der Waals surface area contributed by atoms with Crippen LogP contribution in [-0.4, -0.2) is 16.1 Å². The quantitative estimate of drug-likeness (QED) is 0.711. The van der Waals surface area contributed by atoms with E-state index in [1.807, 2.05) is 48.5 Å². The highest BCUT2D eigenvalue weighted by molar-refractivity contribution is 5.89. The van der Waals surface area contributed by atoms with Crippen LogP contribution in [0.25, 0.3) is 0 Å². The predicted molar refractivity (Wildman–Crippen MR) is 94.8 cm³/mol. The van der Waals surface area contributed by atoms with Crippen molar-refractivity contribution in [2.45, 2.75) is 12.8 Å². The molecule has 2 N–H and O–H groups in total. The molecule has 0 amide bonds. The van der Waals surface area contributed by atoms with Crippen molar-refractivity contribution in [3.8, 4) is 0 Å². The highest BCUT2D eigenvalue weighted by atomic mass is 16.4. The molecule has 120 valence electrons. The minimum Gasteiger partial charge on any atom is -0.478 e. The molecule has 3 rings (SSSR count). The first-order valence-electron chi connectivity index (χ1n) is 7.80. The number of nitrogens with zero attached hydrogens (tertiary/aromatic N) is 1. The minimum atomic E-state index is -0.914. The molecule has 0 unspecified atom stereocenters. The zero-order valence-electron chi connectivity index (χ0n) is 13.1. The van der Waals surface area contributed by atoms with Crippen LogP contribution in [0.4, 0.5) is 11.4 Å². The molecule has 0 spiro atoms. The molecule has 4 heteroatoms. The number of anilines is 2. The molecule has 0 aliphatic rings. The van der Waals surface area contributed by atoms with Crippen molar-refractivity contribution in [2.24, 2.45) is 0 Å². The first-order valence-corrected chi connectivity index (χ1v) is 7.80. The molecular weight excluding hydrogens is 300 g/mol. The number of benzene rings is 2. The zero-order valence-corrected chi connectivity index (χ0v) is 13.1. The Hall–Kier alpha value is -3.14. The van der Waals surface area contributed by atoms with Crippen LogP contribution in [0.15, 0.2) is 73.1 Å². The molecule has 2 aromatic carbocycles. The van der Waals surface area contributed by atoms with E-state index in [1.54, 1.807) is 12.3 Å². The van der Waals surface area contributed by atoms with Crippen LogP contribution in [0.1, 0.15) is 21.5 Å². The maximum atomic E-state index is 11.3. The van der Waals surface area contributed by atoms with Crippen LogP contribution >= 0.6 is 0 Å². The summed E-state index contributed by atoms with van der Waals surface area (Å²) < 4.78 is 0. The van der Waals surface area contributed by atoms with Crippen molar-refractivity contribution in [1.82, 2.24) is 4.98 Å². The fraction of sp³-hybridized carbons (Fsp3) is 0.100. The smallest absolute Gasteiger partial charge is 0.336 e. The zero-order chi connectivity index (χ0) is 16.8. The van der Waals surface area contributed by atoms with Gasteiger partial charge in [0, 0.05) is 23.8 Å². The van der Waals surface area contributed by atoms with Crippen molar-refractivity contribution < 1.29 is 9.90 Å². The second-order valence-electron chi connectivity index (χ2n) is 5.49. The highest BCUT2D eigenvalue weighted by Crippen LogP contribution is 2.22. The van der Waals surface area contributed by atoms with Crippen LogP contribution in [-0.2, 0) is 12.8 Å². The summed E-state index contributed by atoms with van der Waals surface area (Å²) in [4.78, 5) is 15.4. The monoisotopic (exact) mass is 318 g/mol. The Morgan fingerprint density at radius 3 is 2.42 bits per heavy atom. The predicted octanol–water partition coefficient (Wildman–Crippen LogP) is 4.31. The Morgan fingerprint density at radius 2 is 1.62 bits per heavy atom. The highest BCUT2D eigenvalue weighted by Gasteiger charge is 2.10. The van der Waals surface area contributed by atoms with Gasteiger partial charge in [0.25, 0.3) is 0 Å². The number of rotatable bonds is 6. The summed E-state index contributed by atoms with van der Waals surface area (Å²) in [5.41, 5.74) is 4.27. The van der Waals surface area contributed by atoms with Gasteiger partial charge in [0.05, 0.1) is 5.56 Å². The van der Waals surface area contributed by atoms with Crippen molar-refractivity contribution >= 4 is 17.3 Å². The molecule has 3 aromatic rings. The number of nitrogens with one attached hydrogen (secondary N) is 1. The van der Waals surface area contributed by atoms with Crippen LogP contribution in [0, 0.1) is 0 Å². The fourth-order valence-corrected chi connectivity index (χ4v) is 2.64. The number of aromatic carboxylic acids is 1. The second kappa shape index (κ2) is 7.42. The summed E-state index contributed by atoms with van der Waals surface area (Å²) in [5, 5.41) is 12.7. The lowest BCUT2D eigenvalue weighted by Gasteiger charge is -2.12. The number of aromatic nitrogens is 1. The van der Waals surface area contributed by atoms with E-state index in [2.05, 4.69) is 16.4 Å². The van der Waals surface area contributed by atoms with E-state index in [0.717, 1.165) is 28.9 Å². The maximum absolute atomic E-state index is 11.3. The van der Waals surface area contributed by atoms with Crippen molar-refractivity contribution in [1.29, 1.82) is 0 Å². The van der Waals surface area contributed by atoms with Gasteiger partial charge >= 0.3 is 5.97 Å². The van der Waals surface area contributed by atoms with Gasteiger partial charge in [-0.05, 0) is 48.2 Å². The Bertz CT molecular complexity index is 832. The lowest BCUT2D eigenvalue weighted by molar-refractivity contribution is 0.0695. The number of hydrogen-bond donors (Lipinski definition) is 2. The van der Waals surface area contributed by atoms with E-state index < -0.39 is 5.97 Å². The van der Waals surface area contributed by atoms with E-state index in [9.17, 15) is 9.90 Å². The molecule has 0 aliphatic heterocycles. The molecule has 0 atom stereocenters. The van der Waals surface area contributed by atoms with Gasteiger partial charge in [-0.1, -0.05) is 36.4 Å². The Morgan fingerprint density at radius 1 is 0.917 bits per heavy atom. The molecule has 0 fully saturated rings. The number of hydrogen-bond acceptors (Lipinski definition) is 3. The van der Waals surface area contributed by atoms with Crippen molar-refractivity contribution in [3.63, 3.8) is 0 Å². The van der Waals surface area contributed by atoms with Gasteiger partial charge in [-0.25, -0.2) is 4.79 Å². The topological polar surface area (TPSA) is 62.2 Å². The van der Waals surface area contributed by atoms with Gasteiger partial charge in [0.2, 0.25) is 0 Å². The van der Waals surface area contributed by atoms with Crippen LogP contribution in [0.5, 0.6) is 0 Å². The summed E-state index contributed by atoms with van der Waals surface area (Å²) >= 11 is 0. The lowest BCUT2D eigenvalue weighted by atomic mass is 10.0. The normalized spacial score (nSPS) is 10.3. The minimum absolute atomic E-state index is 0.318. The average Bonchev–Trinajstić information content (AvgIpc) is 2.62. The fourth-order valence-electron chi connectivity index (χ4n) is 2.64. The van der Waals surface area contributed by atoms with Gasteiger partial charge in [-0.3, -0.25) is 4.98 Å². The number of para-hydroxylation sites is 2. The molecule has 1 heterocycles. The standard InChI is InChI=1S/C20H18N2O2/c23-20(24)18-12-13-21-14-16(18)11-10-15-6-4-5-9-19(15)22-17-7-2-1-3-8-17/h1-9,12-14,22H,10-11H2,(H,23,24). The number of carboxylic acid groups (broad SMARTS) is 1. The molecule has 4 nitrogen and oxygen atoms in total. The third-order valence-electron chi connectivity index (χ3n) is 3.87. The van der Waals surface area contributed by atoms with E-state index >= 15 is 0 Å². The summed E-state index contributed by atoms with van der Waals surface area (Å²) in [6.07, 6.45) is 4.51. The summed E-state index contributed by atoms with van der Waals surface area (Å²) in [6.45, 7) is 0. The largest absolute Gasteiger partial charge is 0.478 e. The van der Waals surface area contributed by atoms with Gasteiger partial charge in [0.1, 0.15) is 0 Å². The first-order chi connectivity index (χ1) is 11.7. The molecule has 0 radical (unpaired) electrons. The van der Waals surface area contributed by atoms with E-state index in [4.69, 9.17) is 0 Å². The third kappa shape index (κ3) is 3.79. The first kappa shape index (κ1) is 15.7. The molecule has 0 saturated carbocycles. The van der Waals surface area contributed by atoms with Gasteiger partial charge in [-0.15, -0.1) is 0 Å².